The molecule has 1 N–H and O–H groups in total. The summed E-state index contributed by atoms with van der Waals surface area (Å²) < 4.78 is 0. The first kappa shape index (κ1) is 18.7. The van der Waals surface area contributed by atoms with Crippen LogP contribution in [0.2, 0.25) is 0 Å². The molecule has 1 aliphatic rings. The van der Waals surface area contributed by atoms with E-state index in [0.29, 0.717) is 0 Å². The maximum absolute atomic E-state index is 4.91. The summed E-state index contributed by atoms with van der Waals surface area (Å²) in [5.41, 5.74) is 7.48. The summed E-state index contributed by atoms with van der Waals surface area (Å²) in [5, 5.41) is 7.40. The summed E-state index contributed by atoms with van der Waals surface area (Å²) in [6.07, 6.45) is 3.82. The summed E-state index contributed by atoms with van der Waals surface area (Å²) >= 11 is 0. The molecule has 0 radical (unpaired) electrons. The number of nitrogens with zero attached hydrogens (tertiary/aromatic N) is 6. The van der Waals surface area contributed by atoms with Crippen molar-refractivity contribution in [1.29, 1.82) is 0 Å². The zero-order chi connectivity index (χ0) is 20.9. The third-order valence-corrected chi connectivity index (χ3v) is 6.08. The molecule has 7 heteroatoms. The van der Waals surface area contributed by atoms with Gasteiger partial charge in [0.15, 0.2) is 0 Å². The van der Waals surface area contributed by atoms with E-state index in [9.17, 15) is 0 Å². The van der Waals surface area contributed by atoms with Crippen LogP contribution in [-0.4, -0.2) is 62.8 Å². The highest BCUT2D eigenvalue weighted by molar-refractivity contribution is 5.84. The molecule has 0 unspecified atom stereocenters. The monoisotopic (exact) mass is 399 g/mol. The number of hydrogen-bond acceptors (Lipinski definition) is 6. The highest BCUT2D eigenvalue weighted by Crippen LogP contribution is 2.33. The van der Waals surface area contributed by atoms with Gasteiger partial charge in [0, 0.05) is 30.5 Å². The van der Waals surface area contributed by atoms with Crippen molar-refractivity contribution in [1.82, 2.24) is 30.0 Å². The summed E-state index contributed by atoms with van der Waals surface area (Å²) in [4.78, 5) is 18.8. The number of nitrogens with one attached hydrogen (secondary N) is 1. The van der Waals surface area contributed by atoms with Crippen molar-refractivity contribution in [2.75, 3.05) is 32.1 Å². The fourth-order valence-electron chi connectivity index (χ4n) is 3.92. The van der Waals surface area contributed by atoms with Crippen LogP contribution in [0.1, 0.15) is 12.6 Å². The summed E-state index contributed by atoms with van der Waals surface area (Å²) in [7, 11) is 4.27. The van der Waals surface area contributed by atoms with Crippen molar-refractivity contribution in [3.05, 3.63) is 54.5 Å². The second kappa shape index (κ2) is 6.88. The molecule has 0 amide bonds. The van der Waals surface area contributed by atoms with Gasteiger partial charge in [0.1, 0.15) is 5.69 Å². The zero-order valence-corrected chi connectivity index (χ0v) is 17.7. The van der Waals surface area contributed by atoms with Crippen LogP contribution in [0.25, 0.3) is 33.7 Å². The largest absolute Gasteiger partial charge is 0.366 e. The molecule has 30 heavy (non-hydrogen) atoms. The van der Waals surface area contributed by atoms with E-state index in [-0.39, 0.29) is 5.54 Å². The Morgan fingerprint density at radius 1 is 1.03 bits per heavy atom. The first-order chi connectivity index (χ1) is 14.4. The first-order valence-electron chi connectivity index (χ1n) is 10.1. The molecule has 0 bridgehead atoms. The lowest BCUT2D eigenvalue weighted by atomic mass is 9.90. The zero-order valence-electron chi connectivity index (χ0n) is 17.7. The molecule has 0 aromatic carbocycles. The van der Waals surface area contributed by atoms with E-state index in [1.165, 1.54) is 0 Å². The minimum atomic E-state index is 0.205. The van der Waals surface area contributed by atoms with Gasteiger partial charge in [-0.3, -0.25) is 15.1 Å². The molecular weight excluding hydrogens is 374 g/mol. The van der Waals surface area contributed by atoms with Crippen LogP contribution in [0.4, 0.5) is 5.69 Å². The number of rotatable bonds is 4. The lowest BCUT2D eigenvalue weighted by Crippen LogP contribution is -2.67. The van der Waals surface area contributed by atoms with Gasteiger partial charge < -0.3 is 9.80 Å². The minimum absolute atomic E-state index is 0.205. The van der Waals surface area contributed by atoms with E-state index in [4.69, 9.17) is 4.98 Å². The van der Waals surface area contributed by atoms with Crippen LogP contribution in [0.3, 0.4) is 0 Å². The molecule has 7 nitrogen and oxygen atoms in total. The number of fused-ring (bicyclic) bond motifs is 1. The van der Waals surface area contributed by atoms with Crippen LogP contribution in [-0.2, 0) is 0 Å². The average Bonchev–Trinajstić information content (AvgIpc) is 3.20. The average molecular weight is 400 g/mol. The van der Waals surface area contributed by atoms with Crippen LogP contribution in [0, 0.1) is 6.92 Å². The number of aromatic amines is 1. The van der Waals surface area contributed by atoms with Gasteiger partial charge in [0.25, 0.3) is 0 Å². The molecule has 5 rings (SSSR count). The number of hydrogen-bond donors (Lipinski definition) is 1. The summed E-state index contributed by atoms with van der Waals surface area (Å²) in [6.45, 7) is 6.23. The molecular formula is C23H25N7. The molecule has 0 saturated carbocycles. The maximum atomic E-state index is 4.91. The van der Waals surface area contributed by atoms with Crippen molar-refractivity contribution < 1.29 is 0 Å². The quantitative estimate of drug-likeness (QED) is 0.566. The van der Waals surface area contributed by atoms with Gasteiger partial charge in [-0.25, -0.2) is 4.98 Å². The van der Waals surface area contributed by atoms with Crippen molar-refractivity contribution in [3.8, 4) is 22.6 Å². The molecule has 4 aromatic rings. The lowest BCUT2D eigenvalue weighted by Gasteiger charge is -2.53. The van der Waals surface area contributed by atoms with E-state index < -0.39 is 0 Å². The smallest absolute Gasteiger partial charge is 0.120 e. The Morgan fingerprint density at radius 2 is 1.87 bits per heavy atom. The predicted octanol–water partition coefficient (Wildman–Crippen LogP) is 3.53. The van der Waals surface area contributed by atoms with Gasteiger partial charge in [-0.2, -0.15) is 5.10 Å². The van der Waals surface area contributed by atoms with E-state index in [2.05, 4.69) is 57.1 Å². The molecule has 152 valence electrons. The third kappa shape index (κ3) is 3.11. The minimum Gasteiger partial charge on any atom is -0.366 e. The topological polar surface area (TPSA) is 73.8 Å². The Bertz CT molecular complexity index is 1220. The molecule has 1 aliphatic heterocycles. The van der Waals surface area contributed by atoms with Crippen LogP contribution >= 0.6 is 0 Å². The van der Waals surface area contributed by atoms with Crippen molar-refractivity contribution in [3.63, 3.8) is 0 Å². The first-order valence-corrected chi connectivity index (χ1v) is 10.1. The fourth-order valence-corrected chi connectivity index (χ4v) is 3.92. The second-order valence-electron chi connectivity index (χ2n) is 8.49. The van der Waals surface area contributed by atoms with Crippen molar-refractivity contribution in [2.24, 2.45) is 0 Å². The third-order valence-electron chi connectivity index (χ3n) is 6.08. The summed E-state index contributed by atoms with van der Waals surface area (Å²) in [6, 6.07) is 12.1. The van der Waals surface area contributed by atoms with E-state index in [0.717, 1.165) is 58.1 Å². The number of likely N-dealkylation sites (N-methyl/N-ethyl adjacent to an activating group) is 1. The molecule has 1 saturated heterocycles. The van der Waals surface area contributed by atoms with Gasteiger partial charge in [-0.15, -0.1) is 0 Å². The predicted molar refractivity (Wildman–Crippen MR) is 119 cm³/mol. The Kier molecular flexibility index (Phi) is 4.29. The Balaban J connectivity index is 1.50. The van der Waals surface area contributed by atoms with Gasteiger partial charge in [-0.05, 0) is 58.3 Å². The molecule has 1 fully saturated rings. The maximum Gasteiger partial charge on any atom is 0.120 e. The van der Waals surface area contributed by atoms with Gasteiger partial charge in [-0.1, -0.05) is 6.07 Å². The second-order valence-corrected chi connectivity index (χ2v) is 8.49. The van der Waals surface area contributed by atoms with E-state index in [1.54, 1.807) is 0 Å². The Hall–Kier alpha value is -3.32. The summed E-state index contributed by atoms with van der Waals surface area (Å²) in [5.74, 6) is 0. The highest BCUT2D eigenvalue weighted by atomic mass is 15.3. The SMILES string of the molecule is Cc1cccc(-c2n[nH]cc2-c2ccc3ncc(N4CC(C)(N(C)C)C4)cc3n2)n1. The van der Waals surface area contributed by atoms with Gasteiger partial charge in [0.05, 0.1) is 39.8 Å². The highest BCUT2D eigenvalue weighted by Gasteiger charge is 2.40. The molecule has 0 aliphatic carbocycles. The fraction of sp³-hybridized carbons (Fsp3) is 0.304. The Labute approximate surface area is 175 Å². The molecule has 0 spiro atoms. The van der Waals surface area contributed by atoms with Crippen LogP contribution in [0.15, 0.2) is 48.8 Å². The number of aryl methyl sites for hydroxylation is 1. The van der Waals surface area contributed by atoms with Crippen LogP contribution in [0.5, 0.6) is 0 Å². The number of anilines is 1. The number of pyridine rings is 3. The lowest BCUT2D eigenvalue weighted by molar-refractivity contribution is 0.133. The molecule has 5 heterocycles. The number of aromatic nitrogens is 5. The van der Waals surface area contributed by atoms with Crippen molar-refractivity contribution in [2.45, 2.75) is 19.4 Å². The van der Waals surface area contributed by atoms with Crippen molar-refractivity contribution >= 4 is 16.7 Å². The van der Waals surface area contributed by atoms with E-state index in [1.807, 2.05) is 49.6 Å². The standard InChI is InChI=1S/C23H25N7/c1-15-6-5-7-20(26-15)22-17(12-25-28-22)18-8-9-19-21(27-18)10-16(11-24-19)30-13-23(2,14-30)29(3)4/h5-12H,13-14H2,1-4H3,(H,25,28). The normalized spacial score (nSPS) is 15.6. The molecule has 4 aromatic heterocycles. The van der Waals surface area contributed by atoms with Gasteiger partial charge >= 0.3 is 0 Å². The Morgan fingerprint density at radius 3 is 2.63 bits per heavy atom. The van der Waals surface area contributed by atoms with Crippen LogP contribution < -0.4 is 4.90 Å². The van der Waals surface area contributed by atoms with E-state index >= 15 is 0 Å². The molecule has 0 atom stereocenters. The number of H-pyrrole nitrogens is 1. The van der Waals surface area contributed by atoms with Gasteiger partial charge in [0.2, 0.25) is 0 Å².